The standard InChI is InChI=1S/C25H20F3N3O6S2/c26-25(27,28)18-6-2-8-20(14-18)31-39(35,36)22-10-1-5-17(13-22)24(32)30-19-7-3-11-23(15-19)38(33,34)29-16-21-9-4-12-37-21/h1-15,29,31H,16H2,(H,30,32). The van der Waals surface area contributed by atoms with E-state index in [1.54, 1.807) is 12.1 Å². The van der Waals surface area contributed by atoms with Crippen LogP contribution < -0.4 is 14.8 Å². The van der Waals surface area contributed by atoms with Gasteiger partial charge in [-0.2, -0.15) is 13.2 Å². The van der Waals surface area contributed by atoms with Gasteiger partial charge in [0.15, 0.2) is 0 Å². The van der Waals surface area contributed by atoms with Crippen LogP contribution in [-0.2, 0) is 32.8 Å². The topological polar surface area (TPSA) is 135 Å². The molecule has 3 N–H and O–H groups in total. The molecule has 1 aromatic heterocycles. The van der Waals surface area contributed by atoms with Gasteiger partial charge in [0, 0.05) is 16.9 Å². The molecule has 14 heteroatoms. The van der Waals surface area contributed by atoms with Gasteiger partial charge >= 0.3 is 6.18 Å². The van der Waals surface area contributed by atoms with E-state index in [4.69, 9.17) is 4.42 Å². The minimum Gasteiger partial charge on any atom is -0.468 e. The van der Waals surface area contributed by atoms with Crippen LogP contribution in [0.1, 0.15) is 21.7 Å². The summed E-state index contributed by atoms with van der Waals surface area (Å²) in [4.78, 5) is 12.3. The first-order valence-electron chi connectivity index (χ1n) is 11.1. The fraction of sp³-hybridized carbons (Fsp3) is 0.0800. The molecule has 0 radical (unpaired) electrons. The first-order chi connectivity index (χ1) is 18.3. The number of furan rings is 1. The molecule has 0 unspecified atom stereocenters. The lowest BCUT2D eigenvalue weighted by Gasteiger charge is -2.12. The number of hydrogen-bond donors (Lipinski definition) is 3. The number of carbonyl (C=O) groups is 1. The molecule has 0 aliphatic carbocycles. The van der Waals surface area contributed by atoms with Crippen molar-refractivity contribution in [1.82, 2.24) is 4.72 Å². The van der Waals surface area contributed by atoms with Crippen molar-refractivity contribution in [3.63, 3.8) is 0 Å². The molecular formula is C25H20F3N3O6S2. The Morgan fingerprint density at radius 3 is 2.13 bits per heavy atom. The Morgan fingerprint density at radius 2 is 1.44 bits per heavy atom. The zero-order chi connectivity index (χ0) is 28.3. The van der Waals surface area contributed by atoms with E-state index in [0.717, 1.165) is 24.3 Å². The fourth-order valence-corrected chi connectivity index (χ4v) is 5.52. The lowest BCUT2D eigenvalue weighted by molar-refractivity contribution is -0.137. The Morgan fingerprint density at radius 1 is 0.769 bits per heavy atom. The summed E-state index contributed by atoms with van der Waals surface area (Å²) in [6, 6.07) is 17.1. The molecular weight excluding hydrogens is 559 g/mol. The molecule has 39 heavy (non-hydrogen) atoms. The molecule has 1 amide bonds. The van der Waals surface area contributed by atoms with Crippen LogP contribution in [0.25, 0.3) is 0 Å². The van der Waals surface area contributed by atoms with E-state index in [1.165, 1.54) is 48.7 Å². The van der Waals surface area contributed by atoms with Crippen molar-refractivity contribution >= 4 is 37.3 Å². The Kier molecular flexibility index (Phi) is 7.81. The first kappa shape index (κ1) is 27.9. The molecule has 4 rings (SSSR count). The van der Waals surface area contributed by atoms with Gasteiger partial charge in [0.2, 0.25) is 10.0 Å². The van der Waals surface area contributed by atoms with Crippen LogP contribution in [-0.4, -0.2) is 22.7 Å². The molecule has 0 saturated heterocycles. The van der Waals surface area contributed by atoms with Gasteiger partial charge in [0.25, 0.3) is 15.9 Å². The van der Waals surface area contributed by atoms with Gasteiger partial charge in [-0.05, 0) is 66.7 Å². The number of alkyl halides is 3. The molecule has 0 aliphatic heterocycles. The van der Waals surface area contributed by atoms with Crippen molar-refractivity contribution in [3.8, 4) is 0 Å². The molecule has 0 bridgehead atoms. The summed E-state index contributed by atoms with van der Waals surface area (Å²) in [5.74, 6) is -0.343. The van der Waals surface area contributed by atoms with E-state index in [0.29, 0.717) is 11.8 Å². The number of sulfonamides is 2. The van der Waals surface area contributed by atoms with E-state index in [9.17, 15) is 34.8 Å². The summed E-state index contributed by atoms with van der Waals surface area (Å²) in [5.41, 5.74) is -1.31. The van der Waals surface area contributed by atoms with Crippen LogP contribution in [0.4, 0.5) is 24.5 Å². The Bertz CT molecular complexity index is 1700. The minimum atomic E-state index is -4.66. The minimum absolute atomic E-state index is 0.0816. The second kappa shape index (κ2) is 10.9. The maximum Gasteiger partial charge on any atom is 0.416 e. The van der Waals surface area contributed by atoms with Crippen molar-refractivity contribution in [2.75, 3.05) is 10.0 Å². The Hall–Kier alpha value is -4.14. The predicted octanol–water partition coefficient (Wildman–Crippen LogP) is 4.83. The Balaban J connectivity index is 1.49. The van der Waals surface area contributed by atoms with Crippen LogP contribution in [0.3, 0.4) is 0 Å². The number of anilines is 2. The largest absolute Gasteiger partial charge is 0.468 e. The van der Waals surface area contributed by atoms with Gasteiger partial charge in [0.05, 0.1) is 28.2 Å². The van der Waals surface area contributed by atoms with E-state index in [2.05, 4.69) is 14.8 Å². The van der Waals surface area contributed by atoms with Gasteiger partial charge in [-0.3, -0.25) is 9.52 Å². The lowest BCUT2D eigenvalue weighted by Crippen LogP contribution is -2.23. The maximum absolute atomic E-state index is 13.0. The van der Waals surface area contributed by atoms with Gasteiger partial charge < -0.3 is 9.73 Å². The summed E-state index contributed by atoms with van der Waals surface area (Å²) in [5, 5.41) is 2.50. The second-order valence-electron chi connectivity index (χ2n) is 8.10. The molecule has 1 heterocycles. The van der Waals surface area contributed by atoms with Gasteiger partial charge in [0.1, 0.15) is 5.76 Å². The van der Waals surface area contributed by atoms with Crippen LogP contribution in [0.2, 0.25) is 0 Å². The van der Waals surface area contributed by atoms with Crippen molar-refractivity contribution in [2.24, 2.45) is 0 Å². The smallest absolute Gasteiger partial charge is 0.416 e. The quantitative estimate of drug-likeness (QED) is 0.260. The van der Waals surface area contributed by atoms with Crippen molar-refractivity contribution in [2.45, 2.75) is 22.5 Å². The molecule has 204 valence electrons. The van der Waals surface area contributed by atoms with E-state index >= 15 is 0 Å². The third kappa shape index (κ3) is 7.04. The maximum atomic E-state index is 13.0. The number of halogens is 3. The van der Waals surface area contributed by atoms with Crippen LogP contribution in [0.15, 0.2) is 105 Å². The van der Waals surface area contributed by atoms with E-state index < -0.39 is 37.7 Å². The monoisotopic (exact) mass is 579 g/mol. The number of hydrogen-bond acceptors (Lipinski definition) is 6. The SMILES string of the molecule is O=C(Nc1cccc(S(=O)(=O)NCc2ccco2)c1)c1cccc(S(=O)(=O)Nc2cccc(C(F)(F)F)c2)c1. The van der Waals surface area contributed by atoms with Crippen LogP contribution in [0, 0.1) is 0 Å². The predicted molar refractivity (Wildman–Crippen MR) is 136 cm³/mol. The number of nitrogens with one attached hydrogen (secondary N) is 3. The number of benzene rings is 3. The lowest BCUT2D eigenvalue weighted by atomic mass is 10.2. The molecule has 0 fully saturated rings. The Labute approximate surface area is 221 Å². The van der Waals surface area contributed by atoms with Gasteiger partial charge in [-0.15, -0.1) is 0 Å². The zero-order valence-electron chi connectivity index (χ0n) is 19.8. The number of carbonyl (C=O) groups excluding carboxylic acids is 1. The summed E-state index contributed by atoms with van der Waals surface area (Å²) >= 11 is 0. The van der Waals surface area contributed by atoms with Crippen LogP contribution in [0.5, 0.6) is 0 Å². The highest BCUT2D eigenvalue weighted by Crippen LogP contribution is 2.31. The highest BCUT2D eigenvalue weighted by molar-refractivity contribution is 7.92. The highest BCUT2D eigenvalue weighted by atomic mass is 32.2. The molecule has 0 atom stereocenters. The fourth-order valence-electron chi connectivity index (χ4n) is 3.38. The summed E-state index contributed by atoms with van der Waals surface area (Å²) in [7, 11) is -8.29. The second-order valence-corrected chi connectivity index (χ2v) is 11.5. The van der Waals surface area contributed by atoms with Crippen molar-refractivity contribution in [1.29, 1.82) is 0 Å². The number of rotatable bonds is 9. The van der Waals surface area contributed by atoms with Gasteiger partial charge in [-0.25, -0.2) is 21.6 Å². The molecule has 0 aliphatic rings. The normalized spacial score (nSPS) is 12.2. The summed E-state index contributed by atoms with van der Waals surface area (Å²) in [6.07, 6.45) is -3.26. The molecule has 3 aromatic carbocycles. The van der Waals surface area contributed by atoms with Crippen LogP contribution >= 0.6 is 0 Å². The van der Waals surface area contributed by atoms with E-state index in [-0.39, 0.29) is 33.3 Å². The van der Waals surface area contributed by atoms with Crippen molar-refractivity contribution in [3.05, 3.63) is 108 Å². The summed E-state index contributed by atoms with van der Waals surface area (Å²) in [6.45, 7) is -0.0816. The molecule has 4 aromatic rings. The molecule has 0 spiro atoms. The third-order valence-corrected chi connectivity index (χ3v) is 8.05. The van der Waals surface area contributed by atoms with Crippen molar-refractivity contribution < 1.29 is 39.2 Å². The third-order valence-electron chi connectivity index (χ3n) is 5.27. The number of amides is 1. The summed E-state index contributed by atoms with van der Waals surface area (Å²) < 4.78 is 99.3. The van der Waals surface area contributed by atoms with E-state index in [1.807, 2.05) is 0 Å². The zero-order valence-corrected chi connectivity index (χ0v) is 21.4. The average molecular weight is 580 g/mol. The first-order valence-corrected chi connectivity index (χ1v) is 14.0. The molecule has 9 nitrogen and oxygen atoms in total. The molecule has 0 saturated carbocycles. The van der Waals surface area contributed by atoms with Gasteiger partial charge in [-0.1, -0.05) is 18.2 Å². The average Bonchev–Trinajstić information content (AvgIpc) is 3.41. The highest BCUT2D eigenvalue weighted by Gasteiger charge is 2.30.